The van der Waals surface area contributed by atoms with Gasteiger partial charge in [0.2, 0.25) is 0 Å². The van der Waals surface area contributed by atoms with Gasteiger partial charge in [-0.25, -0.2) is 4.98 Å². The Bertz CT molecular complexity index is 401. The normalized spacial score (nSPS) is 19.6. The third-order valence-corrected chi connectivity index (χ3v) is 5.77. The average molecular weight is 299 g/mol. The minimum Gasteiger partial charge on any atom is -0.305 e. The molecule has 108 valence electrons. The van der Waals surface area contributed by atoms with Gasteiger partial charge in [-0.1, -0.05) is 27.7 Å². The average Bonchev–Trinajstić information content (AvgIpc) is 2.87. The molecule has 0 atom stereocenters. The second-order valence-electron chi connectivity index (χ2n) is 6.41. The van der Waals surface area contributed by atoms with Crippen molar-refractivity contribution in [3.8, 4) is 0 Å². The van der Waals surface area contributed by atoms with Gasteiger partial charge in [0.15, 0.2) is 0 Å². The van der Waals surface area contributed by atoms with E-state index in [-0.39, 0.29) is 11.0 Å². The Hall–Kier alpha value is -0.0600. The van der Waals surface area contributed by atoms with Gasteiger partial charge in [0.05, 0.1) is 11.2 Å². The van der Waals surface area contributed by atoms with Crippen LogP contribution in [0.2, 0.25) is 0 Å². The van der Waals surface area contributed by atoms with Crippen LogP contribution in [0.3, 0.4) is 0 Å². The Labute approximate surface area is 125 Å². The summed E-state index contributed by atoms with van der Waals surface area (Å²) in [5.74, 6) is 2.50. The minimum absolute atomic E-state index is 0.148. The smallest absolute Gasteiger partial charge is 0.113 e. The maximum absolute atomic E-state index is 4.98. The number of hydrogen-bond donors (Lipinski definition) is 1. The number of nitrogens with zero attached hydrogens (tertiary/aromatic N) is 1. The van der Waals surface area contributed by atoms with E-state index in [2.05, 4.69) is 50.2 Å². The number of hydrogen-bond acceptors (Lipinski definition) is 4. The van der Waals surface area contributed by atoms with Crippen molar-refractivity contribution in [3.63, 3.8) is 0 Å². The molecule has 1 aromatic rings. The van der Waals surface area contributed by atoms with Crippen LogP contribution in [0.15, 0.2) is 5.38 Å². The monoisotopic (exact) mass is 298 g/mol. The molecule has 0 aliphatic carbocycles. The molecule has 2 nitrogen and oxygen atoms in total. The van der Waals surface area contributed by atoms with Gasteiger partial charge in [-0.15, -0.1) is 11.3 Å². The predicted molar refractivity (Wildman–Crippen MR) is 87.3 cm³/mol. The Morgan fingerprint density at radius 1 is 1.32 bits per heavy atom. The van der Waals surface area contributed by atoms with E-state index >= 15 is 0 Å². The fraction of sp³-hybridized carbons (Fsp3) is 0.800. The van der Waals surface area contributed by atoms with Crippen LogP contribution in [0, 0.1) is 0 Å². The standard InChI is InChI=1S/C15H26N2S2/c1-5-8-16-15(6-9-18-10-7-15)13-17-12(11-19-13)14(2,3)4/h11,16H,5-10H2,1-4H3. The van der Waals surface area contributed by atoms with E-state index in [9.17, 15) is 0 Å². The maximum atomic E-state index is 4.98. The molecular weight excluding hydrogens is 272 g/mol. The number of aromatic nitrogens is 1. The molecule has 0 unspecified atom stereocenters. The summed E-state index contributed by atoms with van der Waals surface area (Å²) in [5, 5.41) is 7.37. The van der Waals surface area contributed by atoms with E-state index in [1.807, 2.05) is 11.3 Å². The first-order valence-electron chi connectivity index (χ1n) is 7.27. The minimum atomic E-state index is 0.148. The summed E-state index contributed by atoms with van der Waals surface area (Å²) in [6.45, 7) is 10.1. The van der Waals surface area contributed by atoms with Crippen molar-refractivity contribution in [2.75, 3.05) is 18.1 Å². The van der Waals surface area contributed by atoms with Crippen molar-refractivity contribution in [1.82, 2.24) is 10.3 Å². The third-order valence-electron chi connectivity index (χ3n) is 3.74. The van der Waals surface area contributed by atoms with Crippen LogP contribution in [-0.4, -0.2) is 23.0 Å². The van der Waals surface area contributed by atoms with Crippen molar-refractivity contribution in [2.24, 2.45) is 0 Å². The number of nitrogens with one attached hydrogen (secondary N) is 1. The third kappa shape index (κ3) is 3.53. The van der Waals surface area contributed by atoms with Crippen LogP contribution >= 0.6 is 23.1 Å². The topological polar surface area (TPSA) is 24.9 Å². The molecule has 19 heavy (non-hydrogen) atoms. The van der Waals surface area contributed by atoms with Crippen molar-refractivity contribution in [3.05, 3.63) is 16.1 Å². The fourth-order valence-corrected chi connectivity index (χ4v) is 4.86. The van der Waals surface area contributed by atoms with Crippen molar-refractivity contribution in [2.45, 2.75) is 57.9 Å². The molecule has 1 N–H and O–H groups in total. The number of thiazole rings is 1. The summed E-state index contributed by atoms with van der Waals surface area (Å²) in [6.07, 6.45) is 3.62. The van der Waals surface area contributed by atoms with Gasteiger partial charge in [0, 0.05) is 10.8 Å². The van der Waals surface area contributed by atoms with Gasteiger partial charge in [-0.05, 0) is 37.3 Å². The van der Waals surface area contributed by atoms with E-state index in [4.69, 9.17) is 4.98 Å². The first-order valence-corrected chi connectivity index (χ1v) is 9.31. The van der Waals surface area contributed by atoms with E-state index in [0.29, 0.717) is 0 Å². The van der Waals surface area contributed by atoms with Crippen molar-refractivity contribution in [1.29, 1.82) is 0 Å². The zero-order valence-corrected chi connectivity index (χ0v) is 14.2. The first-order chi connectivity index (χ1) is 8.98. The molecule has 0 spiro atoms. The molecule has 0 saturated carbocycles. The first kappa shape index (κ1) is 15.3. The largest absolute Gasteiger partial charge is 0.305 e. The SMILES string of the molecule is CCCNC1(c2nc(C(C)(C)C)cs2)CCSCC1. The molecular formula is C15H26N2S2. The molecule has 0 bridgehead atoms. The van der Waals surface area contributed by atoms with Gasteiger partial charge in [0.25, 0.3) is 0 Å². The molecule has 1 aliphatic heterocycles. The summed E-state index contributed by atoms with van der Waals surface area (Å²) in [6, 6.07) is 0. The molecule has 1 saturated heterocycles. The number of rotatable bonds is 4. The van der Waals surface area contributed by atoms with Crippen molar-refractivity contribution < 1.29 is 0 Å². The molecule has 1 aliphatic rings. The van der Waals surface area contributed by atoms with Crippen molar-refractivity contribution >= 4 is 23.1 Å². The number of thioether (sulfide) groups is 1. The maximum Gasteiger partial charge on any atom is 0.113 e. The summed E-state index contributed by atoms with van der Waals surface area (Å²) in [4.78, 5) is 4.98. The summed E-state index contributed by atoms with van der Waals surface area (Å²) in [7, 11) is 0. The molecule has 0 aromatic carbocycles. The Kier molecular flexibility index (Phi) is 4.96. The molecule has 0 radical (unpaired) electrons. The quantitative estimate of drug-likeness (QED) is 0.903. The second-order valence-corrected chi connectivity index (χ2v) is 8.49. The Morgan fingerprint density at radius 2 is 2.00 bits per heavy atom. The van der Waals surface area contributed by atoms with Gasteiger partial charge < -0.3 is 5.32 Å². The van der Waals surface area contributed by atoms with Crippen LogP contribution < -0.4 is 5.32 Å². The summed E-state index contributed by atoms with van der Waals surface area (Å²) >= 11 is 3.92. The Balaban J connectivity index is 2.25. The van der Waals surface area contributed by atoms with Crippen LogP contribution in [-0.2, 0) is 11.0 Å². The highest BCUT2D eigenvalue weighted by Crippen LogP contribution is 2.38. The molecule has 1 aromatic heterocycles. The zero-order valence-electron chi connectivity index (χ0n) is 12.6. The molecule has 2 rings (SSSR count). The molecule has 1 fully saturated rings. The lowest BCUT2D eigenvalue weighted by Crippen LogP contribution is -2.45. The lowest BCUT2D eigenvalue weighted by atomic mass is 9.91. The zero-order chi connectivity index (χ0) is 13.9. The lowest BCUT2D eigenvalue weighted by Gasteiger charge is -2.36. The second kappa shape index (κ2) is 6.15. The van der Waals surface area contributed by atoms with E-state index in [0.717, 1.165) is 6.54 Å². The molecule has 2 heterocycles. The highest BCUT2D eigenvalue weighted by Gasteiger charge is 2.36. The van der Waals surface area contributed by atoms with Crippen LogP contribution in [0.4, 0.5) is 0 Å². The fourth-order valence-electron chi connectivity index (χ4n) is 2.39. The van der Waals surface area contributed by atoms with E-state index in [1.165, 1.54) is 41.5 Å². The van der Waals surface area contributed by atoms with Crippen LogP contribution in [0.25, 0.3) is 0 Å². The van der Waals surface area contributed by atoms with Gasteiger partial charge in [-0.3, -0.25) is 0 Å². The Morgan fingerprint density at radius 3 is 2.53 bits per heavy atom. The molecule has 4 heteroatoms. The highest BCUT2D eigenvalue weighted by molar-refractivity contribution is 7.99. The van der Waals surface area contributed by atoms with E-state index in [1.54, 1.807) is 0 Å². The van der Waals surface area contributed by atoms with Crippen LogP contribution in [0.5, 0.6) is 0 Å². The lowest BCUT2D eigenvalue weighted by molar-refractivity contribution is 0.305. The van der Waals surface area contributed by atoms with Gasteiger partial charge in [-0.2, -0.15) is 11.8 Å². The van der Waals surface area contributed by atoms with Gasteiger partial charge >= 0.3 is 0 Å². The molecule has 0 amide bonds. The van der Waals surface area contributed by atoms with Crippen LogP contribution in [0.1, 0.15) is 57.7 Å². The predicted octanol–water partition coefficient (Wildman–Crippen LogP) is 4.16. The van der Waals surface area contributed by atoms with Gasteiger partial charge in [0.1, 0.15) is 5.01 Å². The summed E-state index contributed by atoms with van der Waals surface area (Å²) < 4.78 is 0. The summed E-state index contributed by atoms with van der Waals surface area (Å²) in [5.41, 5.74) is 1.54. The highest BCUT2D eigenvalue weighted by atomic mass is 32.2. The van der Waals surface area contributed by atoms with E-state index < -0.39 is 0 Å².